The van der Waals surface area contributed by atoms with Crippen molar-refractivity contribution in [3.8, 4) is 5.75 Å². The van der Waals surface area contributed by atoms with Gasteiger partial charge in [-0.25, -0.2) is 4.98 Å². The number of hydrogen-bond acceptors (Lipinski definition) is 8. The third kappa shape index (κ3) is 6.02. The first-order valence-electron chi connectivity index (χ1n) is 13.0. The highest BCUT2D eigenvalue weighted by Gasteiger charge is 2.21. The molecule has 9 heteroatoms. The molecule has 188 valence electrons. The maximum absolute atomic E-state index is 5.46. The summed E-state index contributed by atoms with van der Waals surface area (Å²) in [5.74, 6) is 2.34. The van der Waals surface area contributed by atoms with E-state index in [1.165, 1.54) is 37.7 Å². The topological polar surface area (TPSA) is 89.4 Å². The highest BCUT2D eigenvalue weighted by atomic mass is 16.5. The molecule has 1 saturated carbocycles. The molecule has 1 aliphatic heterocycles. The smallest absolute Gasteiger partial charge is 0.226 e. The average Bonchev–Trinajstić information content (AvgIpc) is 3.34. The quantitative estimate of drug-likeness (QED) is 0.455. The minimum Gasteiger partial charge on any atom is -0.497 e. The second-order valence-electron chi connectivity index (χ2n) is 9.42. The van der Waals surface area contributed by atoms with Crippen molar-refractivity contribution < 1.29 is 9.47 Å². The predicted octanol–water partition coefficient (Wildman–Crippen LogP) is 3.74. The second-order valence-corrected chi connectivity index (χ2v) is 9.42. The fourth-order valence-corrected chi connectivity index (χ4v) is 5.01. The van der Waals surface area contributed by atoms with Crippen LogP contribution < -0.4 is 15.4 Å². The average molecular weight is 480 g/mol. The molecule has 3 heterocycles. The third-order valence-electron chi connectivity index (χ3n) is 7.07. The second kappa shape index (κ2) is 11.7. The molecule has 0 radical (unpaired) electrons. The normalized spacial score (nSPS) is 17.5. The van der Waals surface area contributed by atoms with Crippen LogP contribution in [0.3, 0.4) is 0 Å². The lowest BCUT2D eigenvalue weighted by molar-refractivity contribution is 0.0398. The number of aromatic nitrogens is 4. The molecule has 2 aromatic heterocycles. The van der Waals surface area contributed by atoms with Crippen LogP contribution in [0.2, 0.25) is 0 Å². The highest BCUT2D eigenvalue weighted by Crippen LogP contribution is 2.32. The predicted molar refractivity (Wildman–Crippen MR) is 138 cm³/mol. The first kappa shape index (κ1) is 23.8. The van der Waals surface area contributed by atoms with E-state index in [0.29, 0.717) is 12.0 Å². The zero-order valence-electron chi connectivity index (χ0n) is 20.7. The molecule has 0 atom stereocenters. The van der Waals surface area contributed by atoms with Crippen LogP contribution in [0.4, 0.5) is 11.8 Å². The fourth-order valence-electron chi connectivity index (χ4n) is 5.01. The van der Waals surface area contributed by atoms with Gasteiger partial charge in [-0.2, -0.15) is 9.97 Å². The summed E-state index contributed by atoms with van der Waals surface area (Å²) in [6.07, 6.45) is 9.09. The van der Waals surface area contributed by atoms with Crippen LogP contribution in [0.5, 0.6) is 5.75 Å². The number of anilines is 2. The van der Waals surface area contributed by atoms with Crippen LogP contribution in [0.1, 0.15) is 43.7 Å². The lowest BCUT2D eigenvalue weighted by atomic mass is 9.95. The lowest BCUT2D eigenvalue weighted by Crippen LogP contribution is -2.39. The third-order valence-corrected chi connectivity index (χ3v) is 7.07. The van der Waals surface area contributed by atoms with Crippen molar-refractivity contribution in [3.63, 3.8) is 0 Å². The van der Waals surface area contributed by atoms with Crippen molar-refractivity contribution in [2.45, 2.75) is 44.6 Å². The number of ether oxygens (including phenoxy) is 2. The molecule has 2 N–H and O–H groups in total. The van der Waals surface area contributed by atoms with E-state index >= 15 is 0 Å². The van der Waals surface area contributed by atoms with Gasteiger partial charge >= 0.3 is 0 Å². The van der Waals surface area contributed by atoms with E-state index in [9.17, 15) is 0 Å². The highest BCUT2D eigenvalue weighted by molar-refractivity contribution is 5.84. The van der Waals surface area contributed by atoms with Gasteiger partial charge in [0.05, 0.1) is 26.7 Å². The first-order valence-corrected chi connectivity index (χ1v) is 13.0. The first-order chi connectivity index (χ1) is 17.3. The summed E-state index contributed by atoms with van der Waals surface area (Å²) in [5, 5.41) is 7.00. The Morgan fingerprint density at radius 1 is 1.00 bits per heavy atom. The van der Waals surface area contributed by atoms with E-state index in [0.717, 1.165) is 75.1 Å². The Balaban J connectivity index is 1.31. The molecule has 5 rings (SSSR count). The minimum atomic E-state index is 0.469. The van der Waals surface area contributed by atoms with Gasteiger partial charge in [-0.05, 0) is 37.0 Å². The summed E-state index contributed by atoms with van der Waals surface area (Å²) >= 11 is 0. The van der Waals surface area contributed by atoms with Crippen LogP contribution in [0.25, 0.3) is 11.2 Å². The molecule has 35 heavy (non-hydrogen) atoms. The van der Waals surface area contributed by atoms with Crippen LogP contribution in [-0.2, 0) is 11.2 Å². The summed E-state index contributed by atoms with van der Waals surface area (Å²) in [7, 11) is 1.69. The molecular weight excluding hydrogens is 442 g/mol. The number of hydrogen-bond donors (Lipinski definition) is 2. The molecular formula is C26H37N7O2. The van der Waals surface area contributed by atoms with Crippen LogP contribution in [0, 0.1) is 0 Å². The van der Waals surface area contributed by atoms with Crippen molar-refractivity contribution >= 4 is 22.9 Å². The number of nitrogens with one attached hydrogen (secondary N) is 2. The number of nitrogens with zero attached hydrogens (tertiary/aromatic N) is 5. The molecule has 2 aliphatic rings. The maximum atomic E-state index is 5.46. The van der Waals surface area contributed by atoms with Crippen LogP contribution in [-0.4, -0.2) is 77.5 Å². The van der Waals surface area contributed by atoms with Gasteiger partial charge in [-0.3, -0.25) is 4.90 Å². The molecule has 0 amide bonds. The van der Waals surface area contributed by atoms with Gasteiger partial charge in [-0.15, -0.1) is 0 Å². The fraction of sp³-hybridized carbons (Fsp3) is 0.577. The maximum Gasteiger partial charge on any atom is 0.226 e. The number of rotatable bonds is 10. The molecule has 2 fully saturated rings. The molecule has 9 nitrogen and oxygen atoms in total. The van der Waals surface area contributed by atoms with Crippen LogP contribution in [0.15, 0.2) is 30.6 Å². The minimum absolute atomic E-state index is 0.469. The molecule has 1 aromatic carbocycles. The van der Waals surface area contributed by atoms with E-state index < -0.39 is 0 Å². The Hall–Kier alpha value is -2.91. The number of methoxy groups -OCH3 is 1. The number of benzene rings is 1. The van der Waals surface area contributed by atoms with Gasteiger partial charge in [0, 0.05) is 38.8 Å². The summed E-state index contributed by atoms with van der Waals surface area (Å²) in [4.78, 5) is 16.9. The zero-order valence-corrected chi connectivity index (χ0v) is 20.7. The Labute approximate surface area is 207 Å². The number of fused-ring (bicyclic) bond motifs is 1. The Morgan fingerprint density at radius 2 is 1.80 bits per heavy atom. The summed E-state index contributed by atoms with van der Waals surface area (Å²) < 4.78 is 13.0. The summed E-state index contributed by atoms with van der Waals surface area (Å²) in [6.45, 7) is 6.10. The molecule has 1 aliphatic carbocycles. The van der Waals surface area contributed by atoms with Gasteiger partial charge in [0.15, 0.2) is 17.0 Å². The van der Waals surface area contributed by atoms with E-state index in [2.05, 4.69) is 32.2 Å². The monoisotopic (exact) mass is 479 g/mol. The van der Waals surface area contributed by atoms with Gasteiger partial charge in [0.1, 0.15) is 5.75 Å². The van der Waals surface area contributed by atoms with E-state index in [-0.39, 0.29) is 0 Å². The van der Waals surface area contributed by atoms with Crippen molar-refractivity contribution in [2.24, 2.45) is 0 Å². The Kier molecular flexibility index (Phi) is 7.95. The number of imidazole rings is 1. The largest absolute Gasteiger partial charge is 0.497 e. The molecule has 0 unspecified atom stereocenters. The number of morpholine rings is 1. The molecule has 1 saturated heterocycles. The standard InChI is InChI=1S/C26H37N7O2/c1-34-22-9-7-20(8-10-22)11-12-27-24-23-25(33(19-29-23)21-5-3-2-4-6-21)31-26(30-24)28-13-14-32-15-17-35-18-16-32/h7-10,19,21H,2-6,11-18H2,1H3,(H2,27,28,30,31). The SMILES string of the molecule is COc1ccc(CCNc2nc(NCCN3CCOCC3)nc3c2ncn3C2CCCCC2)cc1. The molecule has 0 bridgehead atoms. The van der Waals surface area contributed by atoms with Crippen molar-refractivity contribution in [3.05, 3.63) is 36.2 Å². The molecule has 0 spiro atoms. The van der Waals surface area contributed by atoms with E-state index in [4.69, 9.17) is 24.4 Å². The molecule has 3 aromatic rings. The Bertz CT molecular complexity index is 1070. The van der Waals surface area contributed by atoms with Crippen LogP contribution >= 0.6 is 0 Å². The van der Waals surface area contributed by atoms with Gasteiger partial charge in [0.2, 0.25) is 5.95 Å². The van der Waals surface area contributed by atoms with Crippen molar-refractivity contribution in [1.82, 2.24) is 24.4 Å². The van der Waals surface area contributed by atoms with Gasteiger partial charge in [-0.1, -0.05) is 31.4 Å². The van der Waals surface area contributed by atoms with Crippen molar-refractivity contribution in [1.29, 1.82) is 0 Å². The van der Waals surface area contributed by atoms with Crippen molar-refractivity contribution in [2.75, 3.05) is 63.7 Å². The van der Waals surface area contributed by atoms with Gasteiger partial charge in [0.25, 0.3) is 0 Å². The van der Waals surface area contributed by atoms with Gasteiger partial charge < -0.3 is 24.7 Å². The summed E-state index contributed by atoms with van der Waals surface area (Å²) in [5.41, 5.74) is 3.02. The zero-order chi connectivity index (χ0) is 23.9. The van der Waals surface area contributed by atoms with E-state index in [1.807, 2.05) is 18.5 Å². The van der Waals surface area contributed by atoms with E-state index in [1.54, 1.807) is 7.11 Å². The lowest BCUT2D eigenvalue weighted by Gasteiger charge is -2.26. The summed E-state index contributed by atoms with van der Waals surface area (Å²) in [6, 6.07) is 8.68. The Morgan fingerprint density at radius 3 is 2.57 bits per heavy atom.